The number of hydrogen-bond acceptors (Lipinski definition) is 8. The first-order valence-electron chi connectivity index (χ1n) is 13.7. The molecule has 4 aliphatic carbocycles. The van der Waals surface area contributed by atoms with Crippen molar-refractivity contribution in [1.29, 1.82) is 0 Å². The van der Waals surface area contributed by atoms with E-state index in [1.54, 1.807) is 0 Å². The predicted molar refractivity (Wildman–Crippen MR) is 129 cm³/mol. The number of aliphatic hydroxyl groups excluding tert-OH is 7. The van der Waals surface area contributed by atoms with Gasteiger partial charge in [0.25, 0.3) is 0 Å². The van der Waals surface area contributed by atoms with Crippen LogP contribution in [0.2, 0.25) is 0 Å². The summed E-state index contributed by atoms with van der Waals surface area (Å²) in [5.74, 6) is -2.15. The van der Waals surface area contributed by atoms with Crippen molar-refractivity contribution >= 4 is 0 Å². The van der Waals surface area contributed by atoms with Gasteiger partial charge in [0.1, 0.15) is 11.7 Å². The van der Waals surface area contributed by atoms with E-state index in [-0.39, 0.29) is 24.4 Å². The fourth-order valence-electron chi connectivity index (χ4n) is 9.61. The van der Waals surface area contributed by atoms with E-state index in [9.17, 15) is 40.9 Å². The highest BCUT2D eigenvalue weighted by molar-refractivity contribution is 5.25. The van der Waals surface area contributed by atoms with E-state index in [2.05, 4.69) is 6.92 Å². The molecule has 0 aromatic carbocycles. The summed E-state index contributed by atoms with van der Waals surface area (Å²) in [6, 6.07) is 0. The van der Waals surface area contributed by atoms with Gasteiger partial charge in [-0.15, -0.1) is 0 Å². The fourth-order valence-corrected chi connectivity index (χ4v) is 9.61. The van der Waals surface area contributed by atoms with E-state index in [1.165, 1.54) is 0 Å². The highest BCUT2D eigenvalue weighted by atomic mass is 16.4. The Bertz CT molecular complexity index is 765. The van der Waals surface area contributed by atoms with Gasteiger partial charge in [0.15, 0.2) is 0 Å². The first-order valence-corrected chi connectivity index (χ1v) is 13.7. The van der Waals surface area contributed by atoms with Crippen LogP contribution in [0, 0.1) is 46.3 Å². The second-order valence-electron chi connectivity index (χ2n) is 13.2. The lowest BCUT2D eigenvalue weighted by molar-refractivity contribution is -0.322. The monoisotopic (exact) mass is 500 g/mol. The summed E-state index contributed by atoms with van der Waals surface area (Å²) in [6.45, 7) is 8.11. The van der Waals surface area contributed by atoms with Gasteiger partial charge in [-0.2, -0.15) is 0 Å². The Balaban J connectivity index is 1.67. The minimum absolute atomic E-state index is 0.0568. The molecule has 8 N–H and O–H groups in total. The lowest BCUT2D eigenvalue weighted by Gasteiger charge is -2.67. The van der Waals surface area contributed by atoms with Crippen molar-refractivity contribution in [3.8, 4) is 0 Å². The molecule has 0 spiro atoms. The topological polar surface area (TPSA) is 162 Å². The molecule has 204 valence electrons. The van der Waals surface area contributed by atoms with Crippen LogP contribution < -0.4 is 0 Å². The maximum Gasteiger partial charge on any atom is 0.110 e. The summed E-state index contributed by atoms with van der Waals surface area (Å²) < 4.78 is 0. The first kappa shape index (κ1) is 27.7. The zero-order valence-electron chi connectivity index (χ0n) is 21.7. The SMILES string of the molecule is CC(CO)CCC[C@@H](C)[C@H]1C(O)C(O)[C@@H]2[C@]1(C)CC[C@H]1[C@@]2(O)C(O)C(O)C2C(O)C(O)CC[C@@]21C. The van der Waals surface area contributed by atoms with Gasteiger partial charge in [-0.05, 0) is 66.6 Å². The molecule has 0 amide bonds. The Morgan fingerprint density at radius 1 is 0.800 bits per heavy atom. The van der Waals surface area contributed by atoms with E-state index in [0.717, 1.165) is 19.3 Å². The van der Waals surface area contributed by atoms with Crippen molar-refractivity contribution in [1.82, 2.24) is 0 Å². The highest BCUT2D eigenvalue weighted by Gasteiger charge is 2.76. The van der Waals surface area contributed by atoms with Crippen molar-refractivity contribution in [3.63, 3.8) is 0 Å². The molecular weight excluding hydrogens is 452 g/mol. The van der Waals surface area contributed by atoms with Crippen LogP contribution in [0.25, 0.3) is 0 Å². The Kier molecular flexibility index (Phi) is 7.48. The molecule has 0 radical (unpaired) electrons. The van der Waals surface area contributed by atoms with Crippen LogP contribution in [0.15, 0.2) is 0 Å². The second kappa shape index (κ2) is 9.45. The van der Waals surface area contributed by atoms with Crippen LogP contribution >= 0.6 is 0 Å². The van der Waals surface area contributed by atoms with Crippen LogP contribution in [0.4, 0.5) is 0 Å². The van der Waals surface area contributed by atoms with Gasteiger partial charge in [0.2, 0.25) is 0 Å². The standard InChI is InChI=1S/C27H48O8/c1-13(12-28)6-5-7-14(2)17-20(31)22(33)23-26(17,4)11-9-16-25(3)10-8-15(29)19(30)18(25)21(32)24(34)27(16,23)35/h13-24,28-35H,5-12H2,1-4H3/t13?,14-,15?,16-,17+,18?,19?,20?,21?,22?,23-,24?,25-,26-,27+/m1/s1. The smallest absolute Gasteiger partial charge is 0.110 e. The van der Waals surface area contributed by atoms with Crippen LogP contribution in [0.3, 0.4) is 0 Å². The molecule has 8 unspecified atom stereocenters. The van der Waals surface area contributed by atoms with Gasteiger partial charge in [-0.1, -0.05) is 40.5 Å². The van der Waals surface area contributed by atoms with Crippen molar-refractivity contribution in [2.45, 2.75) is 115 Å². The number of aliphatic hydroxyl groups is 8. The van der Waals surface area contributed by atoms with Crippen LogP contribution in [-0.2, 0) is 0 Å². The highest BCUT2D eigenvalue weighted by Crippen LogP contribution is 2.69. The second-order valence-corrected chi connectivity index (χ2v) is 13.2. The molecule has 4 fully saturated rings. The van der Waals surface area contributed by atoms with E-state index in [0.29, 0.717) is 25.7 Å². The fraction of sp³-hybridized carbons (Fsp3) is 1.00. The van der Waals surface area contributed by atoms with Gasteiger partial charge in [-0.25, -0.2) is 0 Å². The maximum absolute atomic E-state index is 12.3. The van der Waals surface area contributed by atoms with E-state index >= 15 is 0 Å². The first-order chi connectivity index (χ1) is 16.3. The lowest BCUT2D eigenvalue weighted by Crippen LogP contribution is -2.76. The lowest BCUT2D eigenvalue weighted by atomic mass is 9.40. The Morgan fingerprint density at radius 2 is 1.43 bits per heavy atom. The van der Waals surface area contributed by atoms with E-state index in [4.69, 9.17) is 0 Å². The molecule has 0 saturated heterocycles. The summed E-state index contributed by atoms with van der Waals surface area (Å²) >= 11 is 0. The molecule has 0 heterocycles. The molecular formula is C27H48O8. The molecule has 0 aromatic rings. The normalized spacial score (nSPS) is 55.5. The average molecular weight is 501 g/mol. The Labute approximate surface area is 209 Å². The van der Waals surface area contributed by atoms with E-state index < -0.39 is 70.8 Å². The molecule has 0 aromatic heterocycles. The number of hydrogen-bond donors (Lipinski definition) is 8. The summed E-state index contributed by atoms with van der Waals surface area (Å²) in [7, 11) is 0. The summed E-state index contributed by atoms with van der Waals surface area (Å²) in [4.78, 5) is 0. The average Bonchev–Trinajstić information content (AvgIpc) is 3.00. The molecule has 8 heteroatoms. The Hall–Kier alpha value is -0.320. The van der Waals surface area contributed by atoms with Crippen molar-refractivity contribution in [2.75, 3.05) is 6.61 Å². The maximum atomic E-state index is 12.3. The van der Waals surface area contributed by atoms with Crippen molar-refractivity contribution in [3.05, 3.63) is 0 Å². The third-order valence-electron chi connectivity index (χ3n) is 11.3. The quantitative estimate of drug-likeness (QED) is 0.260. The van der Waals surface area contributed by atoms with Crippen LogP contribution in [-0.4, -0.2) is 89.7 Å². The summed E-state index contributed by atoms with van der Waals surface area (Å²) in [5.41, 5.74) is -3.22. The predicted octanol–water partition coefficient (Wildman–Crippen LogP) is 0.410. The number of fused-ring (bicyclic) bond motifs is 5. The molecule has 4 rings (SSSR count). The van der Waals surface area contributed by atoms with Gasteiger partial charge < -0.3 is 40.9 Å². The molecule has 4 saturated carbocycles. The Morgan fingerprint density at radius 3 is 2.06 bits per heavy atom. The van der Waals surface area contributed by atoms with E-state index in [1.807, 2.05) is 20.8 Å². The molecule has 15 atom stereocenters. The van der Waals surface area contributed by atoms with Crippen LogP contribution in [0.1, 0.15) is 72.6 Å². The van der Waals surface area contributed by atoms with Crippen LogP contribution in [0.5, 0.6) is 0 Å². The zero-order valence-corrected chi connectivity index (χ0v) is 21.7. The molecule has 4 aliphatic rings. The van der Waals surface area contributed by atoms with Gasteiger partial charge in [0.05, 0.1) is 30.5 Å². The largest absolute Gasteiger partial charge is 0.396 e. The molecule has 0 aliphatic heterocycles. The minimum atomic E-state index is -1.83. The van der Waals surface area contributed by atoms with Crippen molar-refractivity contribution in [2.24, 2.45) is 46.3 Å². The zero-order chi connectivity index (χ0) is 26.1. The van der Waals surface area contributed by atoms with Gasteiger partial charge >= 0.3 is 0 Å². The third kappa shape index (κ3) is 3.85. The third-order valence-corrected chi connectivity index (χ3v) is 11.3. The minimum Gasteiger partial charge on any atom is -0.396 e. The molecule has 8 nitrogen and oxygen atoms in total. The summed E-state index contributed by atoms with van der Waals surface area (Å²) in [5, 5.41) is 88.0. The van der Waals surface area contributed by atoms with Gasteiger partial charge in [-0.3, -0.25) is 0 Å². The van der Waals surface area contributed by atoms with Crippen molar-refractivity contribution < 1.29 is 40.9 Å². The van der Waals surface area contributed by atoms with Gasteiger partial charge in [0, 0.05) is 18.4 Å². The number of rotatable bonds is 6. The molecule has 35 heavy (non-hydrogen) atoms. The molecule has 0 bridgehead atoms. The summed E-state index contributed by atoms with van der Waals surface area (Å²) in [6.07, 6.45) is -3.02.